The summed E-state index contributed by atoms with van der Waals surface area (Å²) in [4.78, 5) is 14.4. The van der Waals surface area contributed by atoms with Crippen molar-refractivity contribution in [3.63, 3.8) is 0 Å². The van der Waals surface area contributed by atoms with E-state index in [0.717, 1.165) is 24.5 Å². The second-order valence-corrected chi connectivity index (χ2v) is 8.45. The molecule has 0 spiro atoms. The fourth-order valence-electron chi connectivity index (χ4n) is 2.16. The molecule has 1 amide bonds. The molecular formula is C16H23ClN2O2S. The highest BCUT2D eigenvalue weighted by molar-refractivity contribution is 8.01. The van der Waals surface area contributed by atoms with E-state index in [-0.39, 0.29) is 10.7 Å². The van der Waals surface area contributed by atoms with E-state index in [1.165, 1.54) is 0 Å². The molecule has 0 radical (unpaired) electrons. The number of carbonyl (C=O) groups is 1. The molecule has 122 valence electrons. The molecule has 1 aliphatic heterocycles. The standard InChI is InChI=1S/C16H23ClN2O2S/c1-16(2,3)22-11-15(20)18-13-10-12(17)4-5-14(13)19-6-8-21-9-7-19/h4-5,10H,6-9,11H2,1-3H3,(H,18,20). The molecule has 1 heterocycles. The van der Waals surface area contributed by atoms with E-state index in [1.54, 1.807) is 11.8 Å². The highest BCUT2D eigenvalue weighted by atomic mass is 35.5. The van der Waals surface area contributed by atoms with Gasteiger partial charge >= 0.3 is 0 Å². The van der Waals surface area contributed by atoms with Gasteiger partial charge in [-0.1, -0.05) is 32.4 Å². The number of thioether (sulfide) groups is 1. The van der Waals surface area contributed by atoms with Crippen LogP contribution in [0.5, 0.6) is 0 Å². The Morgan fingerprint density at radius 2 is 2.05 bits per heavy atom. The summed E-state index contributed by atoms with van der Waals surface area (Å²) in [6.07, 6.45) is 0. The van der Waals surface area contributed by atoms with Gasteiger partial charge in [-0.3, -0.25) is 4.79 Å². The lowest BCUT2D eigenvalue weighted by Gasteiger charge is -2.30. The largest absolute Gasteiger partial charge is 0.378 e. The van der Waals surface area contributed by atoms with Crippen LogP contribution in [0, 0.1) is 0 Å². The minimum absolute atomic E-state index is 0.00305. The van der Waals surface area contributed by atoms with Gasteiger partial charge in [0.05, 0.1) is 30.3 Å². The summed E-state index contributed by atoms with van der Waals surface area (Å²) >= 11 is 7.72. The third-order valence-corrected chi connectivity index (χ3v) is 4.73. The van der Waals surface area contributed by atoms with Crippen molar-refractivity contribution in [2.45, 2.75) is 25.5 Å². The molecule has 1 fully saturated rings. The summed E-state index contributed by atoms with van der Waals surface area (Å²) in [6.45, 7) is 9.35. The van der Waals surface area contributed by atoms with Crippen molar-refractivity contribution in [3.05, 3.63) is 23.2 Å². The predicted molar refractivity (Wildman–Crippen MR) is 95.3 cm³/mol. The Hall–Kier alpha value is -0.910. The number of carbonyl (C=O) groups excluding carboxylic acids is 1. The van der Waals surface area contributed by atoms with Gasteiger partial charge in [0.25, 0.3) is 0 Å². The molecule has 2 rings (SSSR count). The number of nitrogens with one attached hydrogen (secondary N) is 1. The molecule has 0 aromatic heterocycles. The van der Waals surface area contributed by atoms with Gasteiger partial charge < -0.3 is 15.0 Å². The maximum Gasteiger partial charge on any atom is 0.234 e. The summed E-state index contributed by atoms with van der Waals surface area (Å²) in [5, 5.41) is 3.62. The lowest BCUT2D eigenvalue weighted by atomic mass is 10.2. The van der Waals surface area contributed by atoms with Gasteiger partial charge in [0.2, 0.25) is 5.91 Å². The lowest BCUT2D eigenvalue weighted by Crippen LogP contribution is -2.36. The van der Waals surface area contributed by atoms with Crippen LogP contribution in [0.2, 0.25) is 5.02 Å². The Morgan fingerprint density at radius 1 is 1.36 bits per heavy atom. The average molecular weight is 343 g/mol. The second-order valence-electron chi connectivity index (χ2n) is 6.21. The molecule has 0 aliphatic carbocycles. The van der Waals surface area contributed by atoms with E-state index in [9.17, 15) is 4.79 Å². The first-order valence-electron chi connectivity index (χ1n) is 7.41. The number of ether oxygens (including phenoxy) is 1. The number of rotatable bonds is 4. The quantitative estimate of drug-likeness (QED) is 0.907. The Balaban J connectivity index is 2.08. The number of nitrogens with zero attached hydrogens (tertiary/aromatic N) is 1. The highest BCUT2D eigenvalue weighted by Crippen LogP contribution is 2.30. The molecule has 22 heavy (non-hydrogen) atoms. The number of morpholine rings is 1. The summed E-state index contributed by atoms with van der Waals surface area (Å²) in [7, 11) is 0. The second kappa shape index (κ2) is 7.57. The van der Waals surface area contributed by atoms with Crippen molar-refractivity contribution in [1.82, 2.24) is 0 Å². The molecule has 0 unspecified atom stereocenters. The Morgan fingerprint density at radius 3 is 2.68 bits per heavy atom. The summed E-state index contributed by atoms with van der Waals surface area (Å²) in [6, 6.07) is 5.62. The fraction of sp³-hybridized carbons (Fsp3) is 0.562. The molecule has 1 aromatic rings. The zero-order valence-electron chi connectivity index (χ0n) is 13.3. The smallest absolute Gasteiger partial charge is 0.234 e. The monoisotopic (exact) mass is 342 g/mol. The van der Waals surface area contributed by atoms with Crippen LogP contribution in [0.15, 0.2) is 18.2 Å². The van der Waals surface area contributed by atoms with Gasteiger partial charge in [0.15, 0.2) is 0 Å². The molecule has 1 N–H and O–H groups in total. The van der Waals surface area contributed by atoms with Gasteiger partial charge in [-0.15, -0.1) is 11.8 Å². The number of benzene rings is 1. The Kier molecular flexibility index (Phi) is 6.01. The average Bonchev–Trinajstić information content (AvgIpc) is 2.45. The van der Waals surface area contributed by atoms with Gasteiger partial charge in [0, 0.05) is 22.9 Å². The van der Waals surface area contributed by atoms with Crippen molar-refractivity contribution >= 4 is 40.6 Å². The minimum Gasteiger partial charge on any atom is -0.378 e. The predicted octanol–water partition coefficient (Wildman–Crippen LogP) is 3.65. The minimum atomic E-state index is -0.00305. The van der Waals surface area contributed by atoms with Crippen molar-refractivity contribution in [1.29, 1.82) is 0 Å². The van der Waals surface area contributed by atoms with Crippen LogP contribution in [0.1, 0.15) is 20.8 Å². The van der Waals surface area contributed by atoms with E-state index in [2.05, 4.69) is 31.0 Å². The van der Waals surface area contributed by atoms with Crippen LogP contribution in [-0.2, 0) is 9.53 Å². The number of anilines is 2. The van der Waals surface area contributed by atoms with Crippen molar-refractivity contribution in [3.8, 4) is 0 Å². The van der Waals surface area contributed by atoms with Crippen LogP contribution in [-0.4, -0.2) is 42.7 Å². The molecule has 0 atom stereocenters. The first kappa shape index (κ1) is 17.4. The molecule has 0 bridgehead atoms. The molecular weight excluding hydrogens is 320 g/mol. The van der Waals surface area contributed by atoms with Gasteiger partial charge in [0.1, 0.15) is 0 Å². The van der Waals surface area contributed by atoms with E-state index >= 15 is 0 Å². The normalized spacial score (nSPS) is 15.7. The summed E-state index contributed by atoms with van der Waals surface area (Å²) < 4.78 is 5.45. The highest BCUT2D eigenvalue weighted by Gasteiger charge is 2.18. The summed E-state index contributed by atoms with van der Waals surface area (Å²) in [5.41, 5.74) is 1.77. The van der Waals surface area contributed by atoms with Crippen LogP contribution in [0.25, 0.3) is 0 Å². The van der Waals surface area contributed by atoms with E-state index < -0.39 is 0 Å². The Labute approximate surface area is 141 Å². The van der Waals surface area contributed by atoms with Crippen LogP contribution < -0.4 is 10.2 Å². The third kappa shape index (κ3) is 5.38. The molecule has 1 saturated heterocycles. The van der Waals surface area contributed by atoms with Crippen LogP contribution in [0.3, 0.4) is 0 Å². The van der Waals surface area contributed by atoms with Crippen LogP contribution >= 0.6 is 23.4 Å². The number of hydrogen-bond donors (Lipinski definition) is 1. The number of hydrogen-bond acceptors (Lipinski definition) is 4. The maximum absolute atomic E-state index is 12.2. The van der Waals surface area contributed by atoms with E-state index in [4.69, 9.17) is 16.3 Å². The molecule has 1 aromatic carbocycles. The fourth-order valence-corrected chi connectivity index (χ4v) is 2.97. The zero-order valence-corrected chi connectivity index (χ0v) is 14.9. The Bertz CT molecular complexity index is 525. The molecule has 1 aliphatic rings. The third-order valence-electron chi connectivity index (χ3n) is 3.22. The van der Waals surface area contributed by atoms with Crippen molar-refractivity contribution in [2.75, 3.05) is 42.3 Å². The van der Waals surface area contributed by atoms with E-state index in [1.807, 2.05) is 18.2 Å². The topological polar surface area (TPSA) is 41.6 Å². The maximum atomic E-state index is 12.2. The van der Waals surface area contributed by atoms with E-state index in [0.29, 0.717) is 24.0 Å². The first-order chi connectivity index (χ1) is 10.3. The molecule has 4 nitrogen and oxygen atoms in total. The van der Waals surface area contributed by atoms with Gasteiger partial charge in [-0.25, -0.2) is 0 Å². The van der Waals surface area contributed by atoms with Gasteiger partial charge in [-0.05, 0) is 18.2 Å². The molecule has 0 saturated carbocycles. The molecule has 6 heteroatoms. The van der Waals surface area contributed by atoms with Crippen molar-refractivity contribution in [2.24, 2.45) is 0 Å². The van der Waals surface area contributed by atoms with Crippen molar-refractivity contribution < 1.29 is 9.53 Å². The number of amides is 1. The van der Waals surface area contributed by atoms with Gasteiger partial charge in [-0.2, -0.15) is 0 Å². The lowest BCUT2D eigenvalue weighted by molar-refractivity contribution is -0.113. The van der Waals surface area contributed by atoms with Crippen LogP contribution in [0.4, 0.5) is 11.4 Å². The SMILES string of the molecule is CC(C)(C)SCC(=O)Nc1cc(Cl)ccc1N1CCOCC1. The zero-order chi connectivity index (χ0) is 16.2. The summed E-state index contributed by atoms with van der Waals surface area (Å²) in [5.74, 6) is 0.426. The first-order valence-corrected chi connectivity index (χ1v) is 8.77. The number of halogens is 1.